The van der Waals surface area contributed by atoms with Crippen molar-refractivity contribution in [3.8, 4) is 11.4 Å². The Kier molecular flexibility index (Phi) is 5.05. The highest BCUT2D eigenvalue weighted by molar-refractivity contribution is 7.92. The molecule has 1 aromatic heterocycles. The first kappa shape index (κ1) is 18.9. The molecule has 1 aliphatic heterocycles. The average molecular weight is 416 g/mol. The Morgan fingerprint density at radius 1 is 1.18 bits per heavy atom. The van der Waals surface area contributed by atoms with E-state index in [0.717, 1.165) is 16.7 Å². The molecule has 0 spiro atoms. The lowest BCUT2D eigenvalue weighted by Gasteiger charge is -2.34. The first-order valence-corrected chi connectivity index (χ1v) is 10.6. The molecule has 1 fully saturated rings. The normalized spacial score (nSPS) is 15.8. The van der Waals surface area contributed by atoms with Crippen LogP contribution in [0.5, 0.6) is 0 Å². The highest BCUT2D eigenvalue weighted by Crippen LogP contribution is 2.30. The Hall–Kier alpha value is -2.48. The number of sulfonamides is 1. The van der Waals surface area contributed by atoms with Gasteiger partial charge in [0, 0.05) is 29.1 Å². The van der Waals surface area contributed by atoms with Crippen LogP contribution in [0.4, 0.5) is 0 Å². The molecule has 0 bridgehead atoms. The second-order valence-corrected chi connectivity index (χ2v) is 8.99. The Labute approximate surface area is 168 Å². The zero-order valence-corrected chi connectivity index (χ0v) is 16.7. The van der Waals surface area contributed by atoms with Gasteiger partial charge in [0.2, 0.25) is 21.7 Å². The summed E-state index contributed by atoms with van der Waals surface area (Å²) >= 11 is 5.99. The van der Waals surface area contributed by atoms with Gasteiger partial charge in [-0.05, 0) is 30.7 Å². The summed E-state index contributed by atoms with van der Waals surface area (Å²) in [6.07, 6.45) is 1.60. The fourth-order valence-corrected chi connectivity index (χ4v) is 4.34. The van der Waals surface area contributed by atoms with E-state index >= 15 is 0 Å². The third-order valence-electron chi connectivity index (χ3n) is 4.59. The summed E-state index contributed by atoms with van der Waals surface area (Å²) in [5.41, 5.74) is 2.73. The van der Waals surface area contributed by atoms with Crippen LogP contribution in [0.25, 0.3) is 17.5 Å². The Bertz CT molecular complexity index is 1120. The summed E-state index contributed by atoms with van der Waals surface area (Å²) in [6.45, 7) is 2.62. The molecular weight excluding hydrogens is 398 g/mol. The fourth-order valence-electron chi connectivity index (χ4n) is 2.88. The lowest BCUT2D eigenvalue weighted by atomic mass is 10.0. The van der Waals surface area contributed by atoms with Crippen molar-refractivity contribution >= 4 is 27.7 Å². The van der Waals surface area contributed by atoms with Gasteiger partial charge in [0.15, 0.2) is 0 Å². The molecule has 0 amide bonds. The number of hydrogen-bond donors (Lipinski definition) is 0. The van der Waals surface area contributed by atoms with Crippen molar-refractivity contribution in [2.75, 3.05) is 13.1 Å². The van der Waals surface area contributed by atoms with Gasteiger partial charge in [-0.2, -0.15) is 9.29 Å². The van der Waals surface area contributed by atoms with Crippen LogP contribution in [0.1, 0.15) is 22.9 Å². The molecule has 2 heterocycles. The smallest absolute Gasteiger partial charge is 0.236 e. The van der Waals surface area contributed by atoms with E-state index in [0.29, 0.717) is 29.8 Å². The molecule has 0 unspecified atom stereocenters. The molecule has 0 radical (unpaired) electrons. The minimum Gasteiger partial charge on any atom is -0.339 e. The Balaban J connectivity index is 1.40. The molecular formula is C20H18ClN3O3S. The number of halogens is 1. The third kappa shape index (κ3) is 4.01. The molecule has 0 atom stereocenters. The molecule has 8 heteroatoms. The standard InChI is InChI=1S/C20H18ClN3O3S/c1-14-5-7-15(8-6-14)9-10-28(25,26)24-12-17(13-24)20-22-19(23-27-20)16-3-2-4-18(21)11-16/h2-11,17H,12-13H2,1H3/b10-9+. The SMILES string of the molecule is Cc1ccc(/C=C/S(=O)(=O)N2CC(c3nc(-c4cccc(Cl)c4)no3)C2)cc1. The monoisotopic (exact) mass is 415 g/mol. The van der Waals surface area contributed by atoms with Crippen LogP contribution in [-0.4, -0.2) is 36.0 Å². The minimum absolute atomic E-state index is 0.108. The van der Waals surface area contributed by atoms with Gasteiger partial charge >= 0.3 is 0 Å². The van der Waals surface area contributed by atoms with Crippen molar-refractivity contribution < 1.29 is 12.9 Å². The zero-order chi connectivity index (χ0) is 19.7. The van der Waals surface area contributed by atoms with E-state index in [2.05, 4.69) is 10.1 Å². The first-order valence-electron chi connectivity index (χ1n) is 8.75. The van der Waals surface area contributed by atoms with Crippen molar-refractivity contribution in [2.24, 2.45) is 0 Å². The lowest BCUT2D eigenvalue weighted by Crippen LogP contribution is -2.47. The predicted molar refractivity (Wildman–Crippen MR) is 108 cm³/mol. The Morgan fingerprint density at radius 2 is 1.93 bits per heavy atom. The zero-order valence-electron chi connectivity index (χ0n) is 15.1. The number of nitrogens with zero attached hydrogens (tertiary/aromatic N) is 3. The van der Waals surface area contributed by atoms with Crippen LogP contribution in [0, 0.1) is 6.92 Å². The summed E-state index contributed by atoms with van der Waals surface area (Å²) in [5.74, 6) is 0.769. The molecule has 144 valence electrons. The van der Waals surface area contributed by atoms with Crippen molar-refractivity contribution in [1.82, 2.24) is 14.4 Å². The van der Waals surface area contributed by atoms with Crippen LogP contribution in [0.3, 0.4) is 0 Å². The van der Waals surface area contributed by atoms with Crippen LogP contribution in [0.15, 0.2) is 58.5 Å². The van der Waals surface area contributed by atoms with E-state index in [4.69, 9.17) is 16.1 Å². The van der Waals surface area contributed by atoms with Crippen molar-refractivity contribution in [2.45, 2.75) is 12.8 Å². The second kappa shape index (κ2) is 7.50. The van der Waals surface area contributed by atoms with Crippen LogP contribution in [-0.2, 0) is 10.0 Å². The van der Waals surface area contributed by atoms with E-state index < -0.39 is 10.0 Å². The number of hydrogen-bond acceptors (Lipinski definition) is 5. The van der Waals surface area contributed by atoms with Crippen LogP contribution < -0.4 is 0 Å². The summed E-state index contributed by atoms with van der Waals surface area (Å²) in [7, 11) is -3.48. The fraction of sp³-hybridized carbons (Fsp3) is 0.200. The summed E-state index contributed by atoms with van der Waals surface area (Å²) in [6, 6.07) is 14.8. The van der Waals surface area contributed by atoms with Gasteiger partial charge in [0.05, 0.1) is 5.92 Å². The van der Waals surface area contributed by atoms with Gasteiger partial charge in [0.25, 0.3) is 0 Å². The maximum absolute atomic E-state index is 12.5. The molecule has 4 rings (SSSR count). The van der Waals surface area contributed by atoms with Crippen LogP contribution >= 0.6 is 11.6 Å². The number of aryl methyl sites for hydroxylation is 1. The summed E-state index contributed by atoms with van der Waals surface area (Å²) in [4.78, 5) is 4.39. The summed E-state index contributed by atoms with van der Waals surface area (Å²) in [5, 5.41) is 5.80. The van der Waals surface area contributed by atoms with Gasteiger partial charge < -0.3 is 4.52 Å². The van der Waals surface area contributed by atoms with E-state index in [1.807, 2.05) is 43.3 Å². The molecule has 1 saturated heterocycles. The van der Waals surface area contributed by atoms with Gasteiger partial charge in [0.1, 0.15) is 0 Å². The topological polar surface area (TPSA) is 76.3 Å². The maximum Gasteiger partial charge on any atom is 0.236 e. The molecule has 6 nitrogen and oxygen atoms in total. The van der Waals surface area contributed by atoms with E-state index in [1.54, 1.807) is 18.2 Å². The highest BCUT2D eigenvalue weighted by atomic mass is 35.5. The quantitative estimate of drug-likeness (QED) is 0.627. The number of benzene rings is 2. The first-order chi connectivity index (χ1) is 13.4. The van der Waals surface area contributed by atoms with Gasteiger partial charge in [-0.15, -0.1) is 0 Å². The van der Waals surface area contributed by atoms with E-state index in [1.165, 1.54) is 9.71 Å². The van der Waals surface area contributed by atoms with E-state index in [-0.39, 0.29) is 5.92 Å². The predicted octanol–water partition coefficient (Wildman–Crippen LogP) is 4.10. The maximum atomic E-state index is 12.5. The van der Waals surface area contributed by atoms with Gasteiger partial charge in [-0.25, -0.2) is 8.42 Å². The molecule has 2 aromatic carbocycles. The minimum atomic E-state index is -3.48. The third-order valence-corrected chi connectivity index (χ3v) is 6.32. The summed E-state index contributed by atoms with van der Waals surface area (Å²) < 4.78 is 31.6. The van der Waals surface area contributed by atoms with Gasteiger partial charge in [-0.1, -0.05) is 58.7 Å². The molecule has 3 aromatic rings. The molecule has 1 aliphatic rings. The average Bonchev–Trinajstić information content (AvgIpc) is 3.09. The molecule has 28 heavy (non-hydrogen) atoms. The number of rotatable bonds is 5. The second-order valence-electron chi connectivity index (χ2n) is 6.74. The van der Waals surface area contributed by atoms with E-state index in [9.17, 15) is 8.42 Å². The molecule has 0 aliphatic carbocycles. The molecule has 0 saturated carbocycles. The largest absolute Gasteiger partial charge is 0.339 e. The van der Waals surface area contributed by atoms with Gasteiger partial charge in [-0.3, -0.25) is 0 Å². The van der Waals surface area contributed by atoms with Crippen LogP contribution in [0.2, 0.25) is 5.02 Å². The van der Waals surface area contributed by atoms with Crippen molar-refractivity contribution in [3.05, 3.63) is 76.0 Å². The Morgan fingerprint density at radius 3 is 2.64 bits per heavy atom. The highest BCUT2D eigenvalue weighted by Gasteiger charge is 2.38. The lowest BCUT2D eigenvalue weighted by molar-refractivity contribution is 0.219. The van der Waals surface area contributed by atoms with Crippen molar-refractivity contribution in [1.29, 1.82) is 0 Å². The molecule has 0 N–H and O–H groups in total. The van der Waals surface area contributed by atoms with Crippen molar-refractivity contribution in [3.63, 3.8) is 0 Å². The number of aromatic nitrogens is 2.